The van der Waals surface area contributed by atoms with E-state index in [-0.39, 0.29) is 21.7 Å². The molecule has 0 saturated heterocycles. The zero-order chi connectivity index (χ0) is 30.0. The Bertz CT molecular complexity index is 2510. The van der Waals surface area contributed by atoms with Crippen LogP contribution in [0.2, 0.25) is 0 Å². The minimum atomic E-state index is -0.108. The van der Waals surface area contributed by atoms with Gasteiger partial charge >= 0.3 is 0 Å². The van der Waals surface area contributed by atoms with Crippen LogP contribution < -0.4 is 21.7 Å². The van der Waals surface area contributed by atoms with Crippen molar-refractivity contribution in [2.75, 3.05) is 0 Å². The van der Waals surface area contributed by atoms with E-state index in [4.69, 9.17) is 0 Å². The number of benzene rings is 3. The number of hydrogen-bond donors (Lipinski definition) is 0. The first kappa shape index (κ1) is 25.4. The molecule has 0 bridgehead atoms. The molecule has 0 aliphatic rings. The van der Waals surface area contributed by atoms with Crippen LogP contribution in [0.3, 0.4) is 0 Å². The first-order valence-electron chi connectivity index (χ1n) is 15.6. The highest BCUT2D eigenvalue weighted by atomic mass is 16.1. The lowest BCUT2D eigenvalue weighted by Crippen LogP contribution is -2.11. The highest BCUT2D eigenvalue weighted by Gasteiger charge is 2.23. The van der Waals surface area contributed by atoms with Gasteiger partial charge in [-0.2, -0.15) is 0 Å². The Kier molecular flexibility index (Phi) is 5.04. The van der Waals surface area contributed by atoms with Crippen molar-refractivity contribution >= 4 is 76.2 Å². The molecule has 0 unspecified atom stereocenters. The molecule has 6 heterocycles. The predicted octanol–water partition coefficient (Wildman–Crippen LogP) is 6.99. The molecule has 0 spiro atoms. The molecule has 0 aliphatic heterocycles. The monoisotopic (exact) mass is 576 g/mol. The Morgan fingerprint density at radius 2 is 0.705 bits per heavy atom. The van der Waals surface area contributed by atoms with Crippen LogP contribution in [0.15, 0.2) is 79.8 Å². The average Bonchev–Trinajstić information content (AvgIpc) is 3.49. The zero-order valence-corrected chi connectivity index (χ0v) is 24.5. The lowest BCUT2D eigenvalue weighted by atomic mass is 10.0. The summed E-state index contributed by atoms with van der Waals surface area (Å²) in [7, 11) is 0. The quantitative estimate of drug-likeness (QED) is 0.214. The van der Waals surface area contributed by atoms with Gasteiger partial charge < -0.3 is 8.80 Å². The molecule has 44 heavy (non-hydrogen) atoms. The van der Waals surface area contributed by atoms with E-state index in [1.807, 2.05) is 45.2 Å². The van der Waals surface area contributed by atoms with Gasteiger partial charge in [0.25, 0.3) is 0 Å². The second-order valence-corrected chi connectivity index (χ2v) is 12.5. The van der Waals surface area contributed by atoms with Crippen LogP contribution in [0.4, 0.5) is 0 Å². The molecule has 0 N–H and O–H groups in total. The Morgan fingerprint density at radius 1 is 0.409 bits per heavy atom. The first-order valence-corrected chi connectivity index (χ1v) is 15.6. The van der Waals surface area contributed by atoms with Gasteiger partial charge in [0, 0.05) is 67.4 Å². The zero-order valence-electron chi connectivity index (χ0n) is 24.5. The number of rotatable bonds is 6. The molecule has 9 rings (SSSR count). The lowest BCUT2D eigenvalue weighted by molar-refractivity contribution is 0.796. The molecule has 6 nitrogen and oxygen atoms in total. The van der Waals surface area contributed by atoms with Gasteiger partial charge in [-0.25, -0.2) is 0 Å². The summed E-state index contributed by atoms with van der Waals surface area (Å²) < 4.78 is 4.08. The summed E-state index contributed by atoms with van der Waals surface area (Å²) in [5, 5.41) is 5.60. The van der Waals surface area contributed by atoms with Crippen LogP contribution in [0.1, 0.15) is 50.7 Å². The molecule has 6 heteroatoms. The fourth-order valence-corrected chi connectivity index (χ4v) is 7.72. The van der Waals surface area contributed by atoms with Crippen LogP contribution >= 0.6 is 0 Å². The maximum absolute atomic E-state index is 13.6. The summed E-state index contributed by atoms with van der Waals surface area (Å²) in [6, 6.07) is 18.5. The third-order valence-electron chi connectivity index (χ3n) is 9.78. The maximum atomic E-state index is 13.6. The minimum Gasteiger partial charge on any atom is -0.307 e. The van der Waals surface area contributed by atoms with E-state index in [1.54, 1.807) is 24.3 Å². The maximum Gasteiger partial charge on any atom is 0.190 e. The molecular formula is C38H28N2O4. The van der Waals surface area contributed by atoms with E-state index in [0.717, 1.165) is 93.3 Å². The molecule has 214 valence electrons. The van der Waals surface area contributed by atoms with Crippen molar-refractivity contribution < 1.29 is 0 Å². The molecule has 0 amide bonds. The van der Waals surface area contributed by atoms with Crippen LogP contribution in [0, 0.1) is 0 Å². The van der Waals surface area contributed by atoms with Gasteiger partial charge in [0.2, 0.25) is 0 Å². The van der Waals surface area contributed by atoms with Crippen molar-refractivity contribution in [3.8, 4) is 0 Å². The van der Waals surface area contributed by atoms with Gasteiger partial charge in [-0.15, -0.1) is 0 Å². The van der Waals surface area contributed by atoms with E-state index in [2.05, 4.69) is 13.8 Å². The third kappa shape index (κ3) is 3.15. The Balaban J connectivity index is 1.43. The van der Waals surface area contributed by atoms with Crippen LogP contribution in [0.25, 0.3) is 76.2 Å². The van der Waals surface area contributed by atoms with Crippen LogP contribution in [-0.4, -0.2) is 8.80 Å². The van der Waals surface area contributed by atoms with Crippen LogP contribution in [0.5, 0.6) is 0 Å². The predicted molar refractivity (Wildman–Crippen MR) is 180 cm³/mol. The lowest BCUT2D eigenvalue weighted by Gasteiger charge is -2.10. The smallest absolute Gasteiger partial charge is 0.190 e. The van der Waals surface area contributed by atoms with Gasteiger partial charge in [-0.3, -0.25) is 19.2 Å². The third-order valence-corrected chi connectivity index (χ3v) is 9.78. The standard InChI is InChI=1S/C38H28N2O4/c1-3-5-7-19-9-25-33(41)15-29-21-13-23-24(14-22(21)30-16-34(42)26(10-19)37(25)39(29)30)32-18-36(44)28-12-20(8-6-4-2)11-27-35(43)17-31(23)40(32)38(27)28/h9-18H,3-8H2,1-2H3. The second-order valence-electron chi connectivity index (χ2n) is 12.5. The largest absolute Gasteiger partial charge is 0.307 e. The molecule has 9 aromatic rings. The Labute approximate surface area is 249 Å². The summed E-state index contributed by atoms with van der Waals surface area (Å²) in [6.45, 7) is 4.25. The van der Waals surface area contributed by atoms with Crippen molar-refractivity contribution in [2.24, 2.45) is 0 Å². The highest BCUT2D eigenvalue weighted by molar-refractivity contribution is 6.23. The SMILES string of the molecule is CCCCc1cc2c(=O)cc3c4cc5c(cc4c4cc(=O)c(c1)c2n34)c1cc(=O)c2cc(CCCC)cc3c(=O)cc5n1c32. The summed E-state index contributed by atoms with van der Waals surface area (Å²) in [5.41, 5.74) is 5.84. The number of unbranched alkanes of at least 4 members (excludes halogenated alkanes) is 2. The average molecular weight is 577 g/mol. The van der Waals surface area contributed by atoms with Crippen molar-refractivity contribution in [1.82, 2.24) is 8.80 Å². The fraction of sp³-hybridized carbons (Fsp3) is 0.211. The number of pyridine rings is 4. The number of hydrogen-bond acceptors (Lipinski definition) is 4. The summed E-state index contributed by atoms with van der Waals surface area (Å²) in [5.74, 6) is 0. The Morgan fingerprint density at radius 3 is 0.977 bits per heavy atom. The minimum absolute atomic E-state index is 0.108. The molecule has 0 fully saturated rings. The molecular weight excluding hydrogens is 548 g/mol. The van der Waals surface area contributed by atoms with E-state index in [1.165, 1.54) is 0 Å². The van der Waals surface area contributed by atoms with Crippen LogP contribution in [-0.2, 0) is 12.8 Å². The topological polar surface area (TPSA) is 77.1 Å². The van der Waals surface area contributed by atoms with Crippen molar-refractivity contribution in [2.45, 2.75) is 52.4 Å². The first-order chi connectivity index (χ1) is 21.4. The number of fused-ring (bicyclic) bond motifs is 6. The summed E-state index contributed by atoms with van der Waals surface area (Å²) >= 11 is 0. The molecule has 0 radical (unpaired) electrons. The molecule has 0 saturated carbocycles. The van der Waals surface area contributed by atoms with E-state index in [0.29, 0.717) is 32.6 Å². The molecule has 0 aliphatic carbocycles. The van der Waals surface area contributed by atoms with E-state index in [9.17, 15) is 19.2 Å². The van der Waals surface area contributed by atoms with Crippen molar-refractivity contribution in [3.63, 3.8) is 0 Å². The Hall–Kier alpha value is -5.10. The normalized spacial score (nSPS) is 12.8. The van der Waals surface area contributed by atoms with Gasteiger partial charge in [-0.1, -0.05) is 26.7 Å². The van der Waals surface area contributed by atoms with Gasteiger partial charge in [-0.05, 0) is 73.2 Å². The van der Waals surface area contributed by atoms with Gasteiger partial charge in [0.15, 0.2) is 21.7 Å². The van der Waals surface area contributed by atoms with Gasteiger partial charge in [0.05, 0.1) is 33.1 Å². The molecule has 0 atom stereocenters. The number of aromatic nitrogens is 2. The second kappa shape index (κ2) is 8.73. The highest BCUT2D eigenvalue weighted by Crippen LogP contribution is 2.39. The molecule has 3 aromatic carbocycles. The number of nitrogens with zero attached hydrogens (tertiary/aromatic N) is 2. The van der Waals surface area contributed by atoms with E-state index < -0.39 is 0 Å². The van der Waals surface area contributed by atoms with Gasteiger partial charge in [0.1, 0.15) is 0 Å². The molecule has 6 aromatic heterocycles. The van der Waals surface area contributed by atoms with E-state index >= 15 is 0 Å². The summed E-state index contributed by atoms with van der Waals surface area (Å²) in [4.78, 5) is 54.3. The number of aryl methyl sites for hydroxylation is 2. The van der Waals surface area contributed by atoms with Crippen molar-refractivity contribution in [1.29, 1.82) is 0 Å². The fourth-order valence-electron chi connectivity index (χ4n) is 7.72. The van der Waals surface area contributed by atoms with Crippen molar-refractivity contribution in [3.05, 3.63) is 113 Å². The summed E-state index contributed by atoms with van der Waals surface area (Å²) in [6.07, 6.45) is 5.68.